The summed E-state index contributed by atoms with van der Waals surface area (Å²) in [4.78, 5) is 19.8. The SMILES string of the molecule is CCOCc1nc(N)cc(-n2ccc(C(=O)NC)n2)n1. The van der Waals surface area contributed by atoms with Crippen LogP contribution in [0.5, 0.6) is 0 Å². The summed E-state index contributed by atoms with van der Waals surface area (Å²) >= 11 is 0. The van der Waals surface area contributed by atoms with E-state index in [2.05, 4.69) is 20.4 Å². The molecule has 8 nitrogen and oxygen atoms in total. The van der Waals surface area contributed by atoms with Crippen molar-refractivity contribution in [3.8, 4) is 5.82 Å². The van der Waals surface area contributed by atoms with Gasteiger partial charge in [-0.15, -0.1) is 0 Å². The summed E-state index contributed by atoms with van der Waals surface area (Å²) in [5, 5.41) is 6.64. The number of rotatable bonds is 5. The molecule has 0 spiro atoms. The van der Waals surface area contributed by atoms with Crippen molar-refractivity contribution in [2.75, 3.05) is 19.4 Å². The number of aromatic nitrogens is 4. The molecule has 2 rings (SSSR count). The summed E-state index contributed by atoms with van der Waals surface area (Å²) in [6.07, 6.45) is 1.64. The van der Waals surface area contributed by atoms with Crippen molar-refractivity contribution in [3.05, 3.63) is 29.8 Å². The molecular weight excluding hydrogens is 260 g/mol. The van der Waals surface area contributed by atoms with Crippen molar-refractivity contribution in [1.29, 1.82) is 0 Å². The number of nitrogens with two attached hydrogens (primary N) is 1. The minimum atomic E-state index is -0.264. The van der Waals surface area contributed by atoms with Gasteiger partial charge in [-0.3, -0.25) is 4.79 Å². The number of nitrogen functional groups attached to an aromatic ring is 1. The zero-order chi connectivity index (χ0) is 14.5. The Bertz CT molecular complexity index is 610. The lowest BCUT2D eigenvalue weighted by Gasteiger charge is -2.05. The van der Waals surface area contributed by atoms with Gasteiger partial charge in [0, 0.05) is 25.9 Å². The van der Waals surface area contributed by atoms with Gasteiger partial charge in [-0.25, -0.2) is 14.6 Å². The number of nitrogens with zero attached hydrogens (tertiary/aromatic N) is 4. The Hall–Kier alpha value is -2.48. The van der Waals surface area contributed by atoms with Crippen molar-refractivity contribution in [2.45, 2.75) is 13.5 Å². The minimum Gasteiger partial charge on any atom is -0.384 e. The van der Waals surface area contributed by atoms with Crippen molar-refractivity contribution in [3.63, 3.8) is 0 Å². The van der Waals surface area contributed by atoms with Gasteiger partial charge < -0.3 is 15.8 Å². The molecule has 2 aromatic rings. The van der Waals surface area contributed by atoms with E-state index in [9.17, 15) is 4.79 Å². The van der Waals surface area contributed by atoms with Crippen LogP contribution in [-0.4, -0.2) is 39.3 Å². The van der Waals surface area contributed by atoms with Gasteiger partial charge in [0.1, 0.15) is 12.4 Å². The predicted octanol–water partition coefficient (Wildman–Crippen LogP) is 0.141. The number of ether oxygens (including phenoxy) is 1. The van der Waals surface area contributed by atoms with Crippen LogP contribution in [0.25, 0.3) is 5.82 Å². The van der Waals surface area contributed by atoms with Crippen LogP contribution < -0.4 is 11.1 Å². The average Bonchev–Trinajstić information content (AvgIpc) is 2.93. The van der Waals surface area contributed by atoms with E-state index < -0.39 is 0 Å². The number of hydrogen-bond acceptors (Lipinski definition) is 6. The Morgan fingerprint density at radius 3 is 3.00 bits per heavy atom. The molecule has 0 aliphatic carbocycles. The molecule has 0 bridgehead atoms. The van der Waals surface area contributed by atoms with Crippen LogP contribution in [0.4, 0.5) is 5.82 Å². The van der Waals surface area contributed by atoms with Crippen LogP contribution in [-0.2, 0) is 11.3 Å². The molecule has 2 heterocycles. The van der Waals surface area contributed by atoms with Gasteiger partial charge in [-0.1, -0.05) is 0 Å². The molecule has 0 unspecified atom stereocenters. The normalized spacial score (nSPS) is 10.5. The molecule has 0 aliphatic heterocycles. The highest BCUT2D eigenvalue weighted by Gasteiger charge is 2.10. The average molecular weight is 276 g/mol. The molecule has 20 heavy (non-hydrogen) atoms. The lowest BCUT2D eigenvalue weighted by atomic mass is 10.4. The number of amides is 1. The largest absolute Gasteiger partial charge is 0.384 e. The Kier molecular flexibility index (Phi) is 4.26. The Morgan fingerprint density at radius 2 is 2.30 bits per heavy atom. The van der Waals surface area contributed by atoms with Crippen LogP contribution in [0, 0.1) is 0 Å². The highest BCUT2D eigenvalue weighted by molar-refractivity contribution is 5.91. The first-order valence-electron chi connectivity index (χ1n) is 6.13. The molecule has 0 saturated heterocycles. The van der Waals surface area contributed by atoms with Crippen LogP contribution >= 0.6 is 0 Å². The van der Waals surface area contributed by atoms with Gasteiger partial charge in [0.15, 0.2) is 17.3 Å². The molecular formula is C12H16N6O2. The molecule has 3 N–H and O–H groups in total. The summed E-state index contributed by atoms with van der Waals surface area (Å²) in [7, 11) is 1.55. The number of nitrogens with one attached hydrogen (secondary N) is 1. The second-order valence-corrected chi connectivity index (χ2v) is 3.93. The molecule has 0 aromatic carbocycles. The van der Waals surface area contributed by atoms with E-state index in [0.29, 0.717) is 29.8 Å². The smallest absolute Gasteiger partial charge is 0.271 e. The van der Waals surface area contributed by atoms with Gasteiger partial charge >= 0.3 is 0 Å². The maximum absolute atomic E-state index is 11.5. The number of carbonyl (C=O) groups is 1. The van der Waals surface area contributed by atoms with Gasteiger partial charge in [-0.05, 0) is 13.0 Å². The lowest BCUT2D eigenvalue weighted by molar-refractivity contribution is 0.0957. The molecule has 0 saturated carbocycles. The zero-order valence-electron chi connectivity index (χ0n) is 11.3. The second-order valence-electron chi connectivity index (χ2n) is 3.93. The maximum Gasteiger partial charge on any atom is 0.271 e. The first-order valence-corrected chi connectivity index (χ1v) is 6.13. The first kappa shape index (κ1) is 13.9. The Labute approximate surface area is 116 Å². The molecule has 0 fully saturated rings. The molecule has 0 radical (unpaired) electrons. The van der Waals surface area contributed by atoms with E-state index in [1.807, 2.05) is 6.92 Å². The number of hydrogen-bond donors (Lipinski definition) is 2. The van der Waals surface area contributed by atoms with E-state index in [0.717, 1.165) is 0 Å². The molecule has 106 valence electrons. The van der Waals surface area contributed by atoms with Crippen molar-refractivity contribution in [1.82, 2.24) is 25.1 Å². The summed E-state index contributed by atoms with van der Waals surface area (Å²) < 4.78 is 6.72. The summed E-state index contributed by atoms with van der Waals surface area (Å²) in [6.45, 7) is 2.73. The number of carbonyl (C=O) groups excluding carboxylic acids is 1. The van der Waals surface area contributed by atoms with E-state index in [4.69, 9.17) is 10.5 Å². The van der Waals surface area contributed by atoms with E-state index in [1.165, 1.54) is 4.68 Å². The summed E-state index contributed by atoms with van der Waals surface area (Å²) in [6, 6.07) is 3.18. The zero-order valence-corrected chi connectivity index (χ0v) is 11.3. The van der Waals surface area contributed by atoms with Crippen molar-refractivity contribution < 1.29 is 9.53 Å². The first-order chi connectivity index (χ1) is 9.63. The van der Waals surface area contributed by atoms with Gasteiger partial charge in [0.25, 0.3) is 5.91 Å². The quantitative estimate of drug-likeness (QED) is 0.804. The monoisotopic (exact) mass is 276 g/mol. The van der Waals surface area contributed by atoms with Gasteiger partial charge in [0.2, 0.25) is 0 Å². The van der Waals surface area contributed by atoms with Crippen LogP contribution in [0.2, 0.25) is 0 Å². The fraction of sp³-hybridized carbons (Fsp3) is 0.333. The predicted molar refractivity (Wildman–Crippen MR) is 72.3 cm³/mol. The second kappa shape index (κ2) is 6.11. The van der Waals surface area contributed by atoms with Crippen LogP contribution in [0.3, 0.4) is 0 Å². The van der Waals surface area contributed by atoms with Gasteiger partial charge in [-0.2, -0.15) is 5.10 Å². The maximum atomic E-state index is 11.5. The fourth-order valence-corrected chi connectivity index (χ4v) is 1.58. The van der Waals surface area contributed by atoms with Crippen LogP contribution in [0.15, 0.2) is 18.3 Å². The van der Waals surface area contributed by atoms with Crippen LogP contribution in [0.1, 0.15) is 23.2 Å². The third-order valence-electron chi connectivity index (χ3n) is 2.50. The fourth-order valence-electron chi connectivity index (χ4n) is 1.58. The number of anilines is 1. The Balaban J connectivity index is 2.29. The molecule has 1 amide bonds. The highest BCUT2D eigenvalue weighted by Crippen LogP contribution is 2.09. The van der Waals surface area contributed by atoms with Crippen molar-refractivity contribution in [2.24, 2.45) is 0 Å². The topological polar surface area (TPSA) is 108 Å². The van der Waals surface area contributed by atoms with Crippen molar-refractivity contribution >= 4 is 11.7 Å². The molecule has 0 atom stereocenters. The van der Waals surface area contributed by atoms with E-state index in [-0.39, 0.29) is 12.5 Å². The molecule has 0 aliphatic rings. The minimum absolute atomic E-state index is 0.264. The van der Waals surface area contributed by atoms with E-state index >= 15 is 0 Å². The standard InChI is InChI=1S/C12H16N6O2/c1-3-20-7-10-15-9(13)6-11(16-10)18-5-4-8(17-18)12(19)14-2/h4-6H,3,7H2,1-2H3,(H,14,19)(H2,13,15,16). The third-order valence-corrected chi connectivity index (χ3v) is 2.50. The lowest BCUT2D eigenvalue weighted by Crippen LogP contribution is -2.18. The molecule has 2 aromatic heterocycles. The van der Waals surface area contributed by atoms with E-state index in [1.54, 1.807) is 25.4 Å². The molecule has 8 heteroatoms. The highest BCUT2D eigenvalue weighted by atomic mass is 16.5. The van der Waals surface area contributed by atoms with Gasteiger partial charge in [0.05, 0.1) is 0 Å². The summed E-state index contributed by atoms with van der Waals surface area (Å²) in [5.41, 5.74) is 6.04. The Morgan fingerprint density at radius 1 is 1.50 bits per heavy atom. The third kappa shape index (κ3) is 3.09. The summed E-state index contributed by atoms with van der Waals surface area (Å²) in [5.74, 6) is 1.02.